The van der Waals surface area contributed by atoms with Gasteiger partial charge in [0.2, 0.25) is 0 Å². The van der Waals surface area contributed by atoms with Crippen LogP contribution in [-0.4, -0.2) is 16.6 Å². The van der Waals surface area contributed by atoms with Gasteiger partial charge in [0.05, 0.1) is 0 Å². The van der Waals surface area contributed by atoms with Crippen molar-refractivity contribution in [2.24, 2.45) is 5.73 Å². The van der Waals surface area contributed by atoms with Gasteiger partial charge in [0, 0.05) is 30.1 Å². The number of fused-ring (bicyclic) bond motifs is 1. The molecule has 19 heavy (non-hydrogen) atoms. The first-order valence-corrected chi connectivity index (χ1v) is 7.45. The van der Waals surface area contributed by atoms with Crippen molar-refractivity contribution >= 4 is 0 Å². The van der Waals surface area contributed by atoms with Crippen LogP contribution in [0.2, 0.25) is 0 Å². The fourth-order valence-electron chi connectivity index (χ4n) is 3.11. The van der Waals surface area contributed by atoms with Crippen LogP contribution in [0.4, 0.5) is 0 Å². The van der Waals surface area contributed by atoms with Crippen LogP contribution in [0.15, 0.2) is 6.20 Å². The molecule has 1 saturated heterocycles. The number of rotatable bonds is 1. The molecule has 1 aliphatic carbocycles. The van der Waals surface area contributed by atoms with E-state index < -0.39 is 0 Å². The Morgan fingerprint density at radius 1 is 1.32 bits per heavy atom. The summed E-state index contributed by atoms with van der Waals surface area (Å²) >= 11 is 0. The third-order valence-corrected chi connectivity index (χ3v) is 4.42. The van der Waals surface area contributed by atoms with Crippen LogP contribution in [0.25, 0.3) is 0 Å². The number of nitrogens with zero attached hydrogens (tertiary/aromatic N) is 2. The van der Waals surface area contributed by atoms with Crippen LogP contribution in [0.5, 0.6) is 0 Å². The average Bonchev–Trinajstić information content (AvgIpc) is 2.61. The number of ether oxygens (including phenoxy) is 1. The summed E-state index contributed by atoms with van der Waals surface area (Å²) < 4.78 is 5.94. The first-order chi connectivity index (χ1) is 9.19. The number of aryl methyl sites for hydroxylation is 1. The molecule has 2 heterocycles. The highest BCUT2D eigenvalue weighted by Gasteiger charge is 2.33. The summed E-state index contributed by atoms with van der Waals surface area (Å²) in [5.74, 6) is 0.847. The third-order valence-electron chi connectivity index (χ3n) is 4.42. The van der Waals surface area contributed by atoms with Crippen molar-refractivity contribution in [1.82, 2.24) is 9.97 Å². The zero-order valence-electron chi connectivity index (χ0n) is 11.7. The SMILES string of the molecule is CC1(c2ncc3c(n2)CCCCC3N)CCCCO1. The maximum absolute atomic E-state index is 6.20. The molecule has 0 saturated carbocycles. The molecule has 3 rings (SSSR count). The second kappa shape index (κ2) is 5.17. The molecule has 2 atom stereocenters. The smallest absolute Gasteiger partial charge is 0.160 e. The predicted molar refractivity (Wildman–Crippen MR) is 73.7 cm³/mol. The van der Waals surface area contributed by atoms with E-state index in [1.54, 1.807) is 0 Å². The maximum atomic E-state index is 6.20. The van der Waals surface area contributed by atoms with Crippen molar-refractivity contribution in [3.63, 3.8) is 0 Å². The van der Waals surface area contributed by atoms with Crippen molar-refractivity contribution < 1.29 is 4.74 Å². The van der Waals surface area contributed by atoms with Crippen molar-refractivity contribution in [3.05, 3.63) is 23.3 Å². The number of aromatic nitrogens is 2. The molecule has 104 valence electrons. The summed E-state index contributed by atoms with van der Waals surface area (Å²) in [5, 5.41) is 0. The fourth-order valence-corrected chi connectivity index (χ4v) is 3.11. The highest BCUT2D eigenvalue weighted by Crippen LogP contribution is 2.34. The molecule has 1 aliphatic heterocycles. The van der Waals surface area contributed by atoms with E-state index in [2.05, 4.69) is 11.9 Å². The molecule has 4 nitrogen and oxygen atoms in total. The van der Waals surface area contributed by atoms with Gasteiger partial charge in [-0.1, -0.05) is 6.42 Å². The number of hydrogen-bond donors (Lipinski definition) is 1. The summed E-state index contributed by atoms with van der Waals surface area (Å²) in [6.07, 6.45) is 9.71. The molecular weight excluding hydrogens is 238 g/mol. The lowest BCUT2D eigenvalue weighted by Gasteiger charge is -2.32. The molecule has 1 fully saturated rings. The number of nitrogens with two attached hydrogens (primary N) is 1. The highest BCUT2D eigenvalue weighted by molar-refractivity contribution is 5.24. The van der Waals surface area contributed by atoms with E-state index in [1.807, 2.05) is 6.20 Å². The molecule has 1 aromatic heterocycles. The summed E-state index contributed by atoms with van der Waals surface area (Å²) in [4.78, 5) is 9.37. The summed E-state index contributed by atoms with van der Waals surface area (Å²) in [6, 6.07) is 0.103. The second-order valence-electron chi connectivity index (χ2n) is 5.98. The summed E-state index contributed by atoms with van der Waals surface area (Å²) in [5.41, 5.74) is 8.18. The Labute approximate surface area is 114 Å². The van der Waals surface area contributed by atoms with Gasteiger partial charge in [0.25, 0.3) is 0 Å². The van der Waals surface area contributed by atoms with Crippen molar-refractivity contribution in [1.29, 1.82) is 0 Å². The van der Waals surface area contributed by atoms with Gasteiger partial charge in [-0.15, -0.1) is 0 Å². The molecule has 0 bridgehead atoms. The van der Waals surface area contributed by atoms with Crippen LogP contribution >= 0.6 is 0 Å². The standard InChI is InChI=1S/C15H23N3O/c1-15(8-4-5-9-19-15)14-17-10-11-12(16)6-2-3-7-13(11)18-14/h10,12H,2-9,16H2,1H3. The van der Waals surface area contributed by atoms with Gasteiger partial charge in [-0.05, 0) is 45.4 Å². The minimum absolute atomic E-state index is 0.103. The Bertz CT molecular complexity index is 455. The molecule has 0 spiro atoms. The van der Waals surface area contributed by atoms with Gasteiger partial charge < -0.3 is 10.5 Å². The molecular formula is C15H23N3O. The van der Waals surface area contributed by atoms with Gasteiger partial charge in [0.1, 0.15) is 5.60 Å². The molecule has 0 radical (unpaired) electrons. The second-order valence-corrected chi connectivity index (χ2v) is 5.98. The molecule has 4 heteroatoms. The van der Waals surface area contributed by atoms with E-state index in [4.69, 9.17) is 15.5 Å². The third kappa shape index (κ3) is 2.51. The van der Waals surface area contributed by atoms with Crippen LogP contribution in [0.1, 0.15) is 68.6 Å². The van der Waals surface area contributed by atoms with E-state index in [1.165, 1.54) is 19.3 Å². The Kier molecular flexibility index (Phi) is 3.54. The lowest BCUT2D eigenvalue weighted by atomic mass is 9.94. The molecule has 1 aromatic rings. The van der Waals surface area contributed by atoms with Gasteiger partial charge in [-0.2, -0.15) is 0 Å². The van der Waals surface area contributed by atoms with E-state index in [0.717, 1.165) is 49.4 Å². The molecule has 0 amide bonds. The Morgan fingerprint density at radius 3 is 3.00 bits per heavy atom. The maximum Gasteiger partial charge on any atom is 0.160 e. The molecule has 0 aromatic carbocycles. The van der Waals surface area contributed by atoms with Crippen LogP contribution in [0.3, 0.4) is 0 Å². The quantitative estimate of drug-likeness (QED) is 0.789. The molecule has 2 unspecified atom stereocenters. The Hall–Kier alpha value is -1.00. The Morgan fingerprint density at radius 2 is 2.21 bits per heavy atom. The van der Waals surface area contributed by atoms with Gasteiger partial charge in [0.15, 0.2) is 5.82 Å². The average molecular weight is 261 g/mol. The monoisotopic (exact) mass is 261 g/mol. The minimum atomic E-state index is -0.302. The van der Waals surface area contributed by atoms with E-state index >= 15 is 0 Å². The normalized spacial score (nSPS) is 31.6. The van der Waals surface area contributed by atoms with E-state index in [9.17, 15) is 0 Å². The number of hydrogen-bond acceptors (Lipinski definition) is 4. The van der Waals surface area contributed by atoms with E-state index in [0.29, 0.717) is 0 Å². The topological polar surface area (TPSA) is 61.0 Å². The van der Waals surface area contributed by atoms with Crippen LogP contribution in [0, 0.1) is 0 Å². The Balaban J connectivity index is 1.94. The fraction of sp³-hybridized carbons (Fsp3) is 0.733. The van der Waals surface area contributed by atoms with Crippen LogP contribution in [-0.2, 0) is 16.8 Å². The van der Waals surface area contributed by atoms with Gasteiger partial charge in [-0.25, -0.2) is 9.97 Å². The first-order valence-electron chi connectivity index (χ1n) is 7.45. The van der Waals surface area contributed by atoms with Crippen molar-refractivity contribution in [2.45, 2.75) is 63.5 Å². The van der Waals surface area contributed by atoms with Gasteiger partial charge >= 0.3 is 0 Å². The highest BCUT2D eigenvalue weighted by atomic mass is 16.5. The van der Waals surface area contributed by atoms with Crippen molar-refractivity contribution in [2.75, 3.05) is 6.61 Å². The molecule has 2 N–H and O–H groups in total. The summed E-state index contributed by atoms with van der Waals surface area (Å²) in [7, 11) is 0. The lowest BCUT2D eigenvalue weighted by Crippen LogP contribution is -2.33. The van der Waals surface area contributed by atoms with E-state index in [-0.39, 0.29) is 11.6 Å². The first kappa shape index (κ1) is 13.0. The summed E-state index contributed by atoms with van der Waals surface area (Å²) in [6.45, 7) is 2.93. The zero-order valence-corrected chi connectivity index (χ0v) is 11.7. The lowest BCUT2D eigenvalue weighted by molar-refractivity contribution is -0.0762. The molecule has 2 aliphatic rings. The largest absolute Gasteiger partial charge is 0.367 e. The van der Waals surface area contributed by atoms with Crippen LogP contribution < -0.4 is 5.73 Å². The zero-order chi connectivity index (χ0) is 13.3. The minimum Gasteiger partial charge on any atom is -0.367 e. The van der Waals surface area contributed by atoms with Gasteiger partial charge in [-0.3, -0.25) is 0 Å². The predicted octanol–water partition coefficient (Wildman–Crippen LogP) is 2.62. The van der Waals surface area contributed by atoms with Crippen molar-refractivity contribution in [3.8, 4) is 0 Å².